The molecule has 1 aromatic rings. The second-order valence-electron chi connectivity index (χ2n) is 5.76. The molecule has 2 unspecified atom stereocenters. The largest absolute Gasteiger partial charge is 0.376 e. The Hall–Kier alpha value is -1.88. The molecule has 0 saturated carbocycles. The normalized spacial score (nSPS) is 29.6. The summed E-state index contributed by atoms with van der Waals surface area (Å²) < 4.78 is 5.64. The van der Waals surface area contributed by atoms with Crippen molar-refractivity contribution < 1.29 is 14.3 Å². The van der Waals surface area contributed by atoms with Crippen LogP contribution in [0, 0.1) is 0 Å². The number of nitrogens with one attached hydrogen (secondary N) is 1. The maximum absolute atomic E-state index is 12.5. The molecule has 1 aromatic carbocycles. The second-order valence-corrected chi connectivity index (χ2v) is 5.76. The van der Waals surface area contributed by atoms with Crippen LogP contribution in [0.15, 0.2) is 30.3 Å². The zero-order valence-corrected chi connectivity index (χ0v) is 12.2. The smallest absolute Gasteiger partial charge is 0.250 e. The lowest BCUT2D eigenvalue weighted by atomic mass is 9.86. The van der Waals surface area contributed by atoms with Crippen LogP contribution in [-0.4, -0.2) is 42.5 Å². The lowest BCUT2D eigenvalue weighted by Crippen LogP contribution is -2.65. The Morgan fingerprint density at radius 3 is 2.76 bits per heavy atom. The highest BCUT2D eigenvalue weighted by atomic mass is 16.5. The van der Waals surface area contributed by atoms with Crippen molar-refractivity contribution in [1.82, 2.24) is 10.2 Å². The Morgan fingerprint density at radius 1 is 1.33 bits per heavy atom. The molecule has 112 valence electrons. The molecule has 21 heavy (non-hydrogen) atoms. The minimum absolute atomic E-state index is 0.0305. The molecule has 2 aliphatic rings. The van der Waals surface area contributed by atoms with Crippen molar-refractivity contribution in [3.05, 3.63) is 35.9 Å². The number of ether oxygens (including phenoxy) is 1. The van der Waals surface area contributed by atoms with E-state index in [4.69, 9.17) is 4.74 Å². The van der Waals surface area contributed by atoms with Crippen molar-refractivity contribution in [2.45, 2.75) is 31.4 Å². The molecule has 2 amide bonds. The van der Waals surface area contributed by atoms with E-state index in [1.54, 1.807) is 4.90 Å². The van der Waals surface area contributed by atoms with Gasteiger partial charge in [0.05, 0.1) is 12.6 Å². The van der Waals surface area contributed by atoms with E-state index in [2.05, 4.69) is 5.32 Å². The summed E-state index contributed by atoms with van der Waals surface area (Å²) in [6.45, 7) is 3.08. The summed E-state index contributed by atoms with van der Waals surface area (Å²) in [4.78, 5) is 26.6. The van der Waals surface area contributed by atoms with Crippen LogP contribution >= 0.6 is 0 Å². The average Bonchev–Trinajstić information content (AvgIpc) is 3.02. The molecular weight excluding hydrogens is 268 g/mol. The van der Waals surface area contributed by atoms with Crippen molar-refractivity contribution in [3.63, 3.8) is 0 Å². The Morgan fingerprint density at radius 2 is 2.10 bits per heavy atom. The third kappa shape index (κ3) is 2.42. The van der Waals surface area contributed by atoms with Gasteiger partial charge in [-0.15, -0.1) is 0 Å². The van der Waals surface area contributed by atoms with Crippen LogP contribution in [0.4, 0.5) is 0 Å². The standard InChI is InChI=1S/C16H20N2O3/c1-16(12-6-3-2-4-7-12)15(20)17-10-14(19)18(16)11-13-8-5-9-21-13/h2-4,6-7,13H,5,8-11H2,1H3,(H,17,20). The lowest BCUT2D eigenvalue weighted by molar-refractivity contribution is -0.155. The molecule has 2 saturated heterocycles. The summed E-state index contributed by atoms with van der Waals surface area (Å²) in [5, 5.41) is 2.70. The molecule has 0 spiro atoms. The third-order valence-corrected chi connectivity index (χ3v) is 4.43. The van der Waals surface area contributed by atoms with Gasteiger partial charge >= 0.3 is 0 Å². The minimum Gasteiger partial charge on any atom is -0.376 e. The third-order valence-electron chi connectivity index (χ3n) is 4.43. The molecule has 1 N–H and O–H groups in total. The SMILES string of the molecule is CC1(c2ccccc2)C(=O)NCC(=O)N1CC1CCCO1. The van der Waals surface area contributed by atoms with Crippen LogP contribution in [0.5, 0.6) is 0 Å². The molecule has 0 radical (unpaired) electrons. The van der Waals surface area contributed by atoms with E-state index in [0.29, 0.717) is 6.54 Å². The van der Waals surface area contributed by atoms with Crippen LogP contribution in [-0.2, 0) is 19.9 Å². The molecule has 0 bridgehead atoms. The fourth-order valence-corrected chi connectivity index (χ4v) is 3.12. The van der Waals surface area contributed by atoms with Crippen LogP contribution < -0.4 is 5.32 Å². The molecule has 5 nitrogen and oxygen atoms in total. The Bertz CT molecular complexity index is 540. The topological polar surface area (TPSA) is 58.6 Å². The number of rotatable bonds is 3. The van der Waals surface area contributed by atoms with Crippen molar-refractivity contribution in [2.24, 2.45) is 0 Å². The summed E-state index contributed by atoms with van der Waals surface area (Å²) in [5.74, 6) is -0.192. The quantitative estimate of drug-likeness (QED) is 0.904. The van der Waals surface area contributed by atoms with Gasteiger partial charge in [-0.2, -0.15) is 0 Å². The number of benzene rings is 1. The number of hydrogen-bond acceptors (Lipinski definition) is 3. The number of carbonyl (C=O) groups is 2. The van der Waals surface area contributed by atoms with E-state index in [0.717, 1.165) is 25.0 Å². The Labute approximate surface area is 124 Å². The number of hydrogen-bond donors (Lipinski definition) is 1. The predicted octanol–water partition coefficient (Wildman–Crippen LogP) is 1.04. The minimum atomic E-state index is -0.970. The van der Waals surface area contributed by atoms with Crippen molar-refractivity contribution in [1.29, 1.82) is 0 Å². The van der Waals surface area contributed by atoms with Crippen LogP contribution in [0.1, 0.15) is 25.3 Å². The highest BCUT2D eigenvalue weighted by molar-refractivity contribution is 5.98. The average molecular weight is 288 g/mol. The van der Waals surface area contributed by atoms with E-state index in [9.17, 15) is 9.59 Å². The monoisotopic (exact) mass is 288 g/mol. The van der Waals surface area contributed by atoms with E-state index < -0.39 is 5.54 Å². The maximum Gasteiger partial charge on any atom is 0.250 e. The molecule has 3 rings (SSSR count). The van der Waals surface area contributed by atoms with Gasteiger partial charge in [0.2, 0.25) is 5.91 Å². The van der Waals surface area contributed by atoms with Gasteiger partial charge in [0, 0.05) is 13.2 Å². The first-order valence-electron chi connectivity index (χ1n) is 7.38. The Kier molecular flexibility index (Phi) is 3.68. The number of piperazine rings is 1. The van der Waals surface area contributed by atoms with Gasteiger partial charge in [-0.3, -0.25) is 9.59 Å². The number of carbonyl (C=O) groups excluding carboxylic acids is 2. The molecule has 0 aliphatic carbocycles. The highest BCUT2D eigenvalue weighted by Crippen LogP contribution is 2.32. The first-order valence-corrected chi connectivity index (χ1v) is 7.38. The molecule has 2 atom stereocenters. The van der Waals surface area contributed by atoms with Crippen LogP contribution in [0.25, 0.3) is 0 Å². The summed E-state index contributed by atoms with van der Waals surface area (Å²) in [5.41, 5.74) is -0.142. The van der Waals surface area contributed by atoms with Crippen LogP contribution in [0.3, 0.4) is 0 Å². The molecule has 0 aromatic heterocycles. The van der Waals surface area contributed by atoms with E-state index in [-0.39, 0.29) is 24.5 Å². The summed E-state index contributed by atoms with van der Waals surface area (Å²) in [7, 11) is 0. The summed E-state index contributed by atoms with van der Waals surface area (Å²) in [6, 6.07) is 9.45. The van der Waals surface area contributed by atoms with E-state index in [1.807, 2.05) is 37.3 Å². The molecule has 5 heteroatoms. The first kappa shape index (κ1) is 14.1. The lowest BCUT2D eigenvalue weighted by Gasteiger charge is -2.44. The van der Waals surface area contributed by atoms with Gasteiger partial charge in [-0.1, -0.05) is 30.3 Å². The van der Waals surface area contributed by atoms with Gasteiger partial charge in [0.25, 0.3) is 5.91 Å². The Balaban J connectivity index is 1.95. The van der Waals surface area contributed by atoms with Crippen molar-refractivity contribution in [2.75, 3.05) is 19.7 Å². The van der Waals surface area contributed by atoms with Gasteiger partial charge < -0.3 is 15.0 Å². The van der Waals surface area contributed by atoms with Crippen molar-refractivity contribution in [3.8, 4) is 0 Å². The van der Waals surface area contributed by atoms with Gasteiger partial charge in [-0.05, 0) is 25.3 Å². The fraction of sp³-hybridized carbons (Fsp3) is 0.500. The molecule has 2 aliphatic heterocycles. The summed E-state index contributed by atoms with van der Waals surface area (Å²) >= 11 is 0. The van der Waals surface area contributed by atoms with Gasteiger partial charge in [-0.25, -0.2) is 0 Å². The molecule has 2 fully saturated rings. The molecular formula is C16H20N2O3. The number of amides is 2. The first-order chi connectivity index (χ1) is 10.1. The maximum atomic E-state index is 12.5. The van der Waals surface area contributed by atoms with Gasteiger partial charge in [0.1, 0.15) is 5.54 Å². The predicted molar refractivity (Wildman–Crippen MR) is 77.5 cm³/mol. The van der Waals surface area contributed by atoms with Gasteiger partial charge in [0.15, 0.2) is 0 Å². The zero-order chi connectivity index (χ0) is 14.9. The van der Waals surface area contributed by atoms with Crippen LogP contribution in [0.2, 0.25) is 0 Å². The fourth-order valence-electron chi connectivity index (χ4n) is 3.12. The highest BCUT2D eigenvalue weighted by Gasteiger charge is 2.47. The summed E-state index contributed by atoms with van der Waals surface area (Å²) in [6.07, 6.45) is 1.99. The second kappa shape index (κ2) is 5.48. The van der Waals surface area contributed by atoms with E-state index >= 15 is 0 Å². The van der Waals surface area contributed by atoms with Crippen molar-refractivity contribution >= 4 is 11.8 Å². The zero-order valence-electron chi connectivity index (χ0n) is 12.2. The van der Waals surface area contributed by atoms with E-state index in [1.165, 1.54) is 0 Å². The molecule has 2 heterocycles. The number of nitrogens with zero attached hydrogens (tertiary/aromatic N) is 1.